The molecule has 148 valence electrons. The van der Waals surface area contributed by atoms with Gasteiger partial charge in [-0.3, -0.25) is 9.59 Å². The second-order valence-corrected chi connectivity index (χ2v) is 6.63. The number of hydrogen-bond acceptors (Lipinski definition) is 5. The molecule has 1 heterocycles. The van der Waals surface area contributed by atoms with Crippen LogP contribution in [0.25, 0.3) is 0 Å². The van der Waals surface area contributed by atoms with Crippen molar-refractivity contribution < 1.29 is 24.2 Å². The second kappa shape index (κ2) is 8.65. The number of hydrogen-bond donors (Lipinski definition) is 1. The van der Waals surface area contributed by atoms with Crippen LogP contribution in [0.1, 0.15) is 11.1 Å². The highest BCUT2D eigenvalue weighted by atomic mass is 16.5. The molecule has 0 bridgehead atoms. The van der Waals surface area contributed by atoms with Gasteiger partial charge in [0.05, 0.1) is 20.8 Å². The first kappa shape index (κ1) is 19.5. The molecular formula is C21H24N2O5. The first-order valence-electron chi connectivity index (χ1n) is 9.05. The third kappa shape index (κ3) is 4.36. The maximum absolute atomic E-state index is 12.9. The standard InChI is InChI=1S/C21H24N2O5/c1-27-18-10-15-8-9-22(12-16(15)11-19(18)28-2)20(24)13-23(14-21(25)26)17-6-4-3-5-7-17/h3-7,10-11H,8-9,12-14H2,1-2H3,(H,25,26). The molecule has 0 saturated carbocycles. The van der Waals surface area contributed by atoms with Crippen molar-refractivity contribution in [2.75, 3.05) is 38.8 Å². The van der Waals surface area contributed by atoms with E-state index in [1.54, 1.807) is 36.2 Å². The molecule has 0 fully saturated rings. The lowest BCUT2D eigenvalue weighted by molar-refractivity contribution is -0.135. The molecular weight excluding hydrogens is 360 g/mol. The average molecular weight is 384 g/mol. The number of amides is 1. The van der Waals surface area contributed by atoms with E-state index in [1.165, 1.54) is 0 Å². The number of carboxylic acid groups (broad SMARTS) is 1. The summed E-state index contributed by atoms with van der Waals surface area (Å²) in [5, 5.41) is 9.21. The third-order valence-corrected chi connectivity index (χ3v) is 4.84. The summed E-state index contributed by atoms with van der Waals surface area (Å²) < 4.78 is 10.7. The zero-order valence-corrected chi connectivity index (χ0v) is 16.1. The predicted octanol–water partition coefficient (Wildman–Crippen LogP) is 2.18. The Morgan fingerprint density at radius 3 is 2.29 bits per heavy atom. The summed E-state index contributed by atoms with van der Waals surface area (Å²) in [6.07, 6.45) is 0.714. The van der Waals surface area contributed by atoms with Crippen molar-refractivity contribution in [2.45, 2.75) is 13.0 Å². The number of methoxy groups -OCH3 is 2. The zero-order chi connectivity index (χ0) is 20.1. The van der Waals surface area contributed by atoms with E-state index in [-0.39, 0.29) is 19.0 Å². The first-order chi connectivity index (χ1) is 13.5. The van der Waals surface area contributed by atoms with E-state index < -0.39 is 5.97 Å². The molecule has 7 nitrogen and oxygen atoms in total. The summed E-state index contributed by atoms with van der Waals surface area (Å²) in [6.45, 7) is 0.825. The van der Waals surface area contributed by atoms with Crippen LogP contribution in [-0.4, -0.2) is 55.7 Å². The Morgan fingerprint density at radius 1 is 1.04 bits per heavy atom. The van der Waals surface area contributed by atoms with Crippen molar-refractivity contribution in [3.05, 3.63) is 53.6 Å². The lowest BCUT2D eigenvalue weighted by Crippen LogP contribution is -2.44. The SMILES string of the molecule is COc1cc2c(cc1OC)CN(C(=O)CN(CC(=O)O)c1ccccc1)CC2. The van der Waals surface area contributed by atoms with E-state index in [1.807, 2.05) is 30.3 Å². The fourth-order valence-corrected chi connectivity index (χ4v) is 3.40. The first-order valence-corrected chi connectivity index (χ1v) is 9.05. The molecule has 1 aliphatic rings. The summed E-state index contributed by atoms with van der Waals surface area (Å²) >= 11 is 0. The Bertz CT molecular complexity index is 853. The highest BCUT2D eigenvalue weighted by Crippen LogP contribution is 2.33. The minimum Gasteiger partial charge on any atom is -0.493 e. The molecule has 1 aliphatic heterocycles. The smallest absolute Gasteiger partial charge is 0.323 e. The molecule has 0 spiro atoms. The number of anilines is 1. The van der Waals surface area contributed by atoms with Gasteiger partial charge in [0, 0.05) is 18.8 Å². The van der Waals surface area contributed by atoms with Gasteiger partial charge in [0.2, 0.25) is 5.91 Å². The van der Waals surface area contributed by atoms with E-state index in [9.17, 15) is 14.7 Å². The summed E-state index contributed by atoms with van der Waals surface area (Å²) in [6, 6.07) is 13.0. The Morgan fingerprint density at radius 2 is 1.68 bits per heavy atom. The maximum atomic E-state index is 12.9. The number of carbonyl (C=O) groups is 2. The van der Waals surface area contributed by atoms with Crippen LogP contribution in [-0.2, 0) is 22.6 Å². The van der Waals surface area contributed by atoms with Gasteiger partial charge in [0.15, 0.2) is 11.5 Å². The van der Waals surface area contributed by atoms with Crippen molar-refractivity contribution in [3.63, 3.8) is 0 Å². The number of aliphatic carboxylic acids is 1. The van der Waals surface area contributed by atoms with E-state index in [4.69, 9.17) is 9.47 Å². The van der Waals surface area contributed by atoms with Gasteiger partial charge in [-0.05, 0) is 41.8 Å². The minimum atomic E-state index is -0.975. The lowest BCUT2D eigenvalue weighted by atomic mass is 9.98. The van der Waals surface area contributed by atoms with Gasteiger partial charge in [-0.2, -0.15) is 0 Å². The summed E-state index contributed by atoms with van der Waals surface area (Å²) in [5.41, 5.74) is 2.86. The molecule has 1 amide bonds. The number of nitrogens with zero attached hydrogens (tertiary/aromatic N) is 2. The van der Waals surface area contributed by atoms with E-state index >= 15 is 0 Å². The Kier molecular flexibility index (Phi) is 6.03. The second-order valence-electron chi connectivity index (χ2n) is 6.63. The number of carbonyl (C=O) groups excluding carboxylic acids is 1. The Balaban J connectivity index is 1.75. The number of para-hydroxylation sites is 1. The summed E-state index contributed by atoms with van der Waals surface area (Å²) in [7, 11) is 3.18. The average Bonchev–Trinajstić information content (AvgIpc) is 2.72. The highest BCUT2D eigenvalue weighted by Gasteiger charge is 2.25. The topological polar surface area (TPSA) is 79.3 Å². The molecule has 0 unspecified atom stereocenters. The Labute approximate surface area is 164 Å². The number of carboxylic acids is 1. The van der Waals surface area contributed by atoms with Crippen LogP contribution in [0.4, 0.5) is 5.69 Å². The molecule has 3 rings (SSSR count). The van der Waals surface area contributed by atoms with Crippen LogP contribution < -0.4 is 14.4 Å². The minimum absolute atomic E-state index is 0.0128. The van der Waals surface area contributed by atoms with Crippen molar-refractivity contribution >= 4 is 17.6 Å². The van der Waals surface area contributed by atoms with Crippen LogP contribution in [0.15, 0.2) is 42.5 Å². The normalized spacial score (nSPS) is 12.9. The zero-order valence-electron chi connectivity index (χ0n) is 16.1. The number of ether oxygens (including phenoxy) is 2. The fourth-order valence-electron chi connectivity index (χ4n) is 3.40. The summed E-state index contributed by atoms with van der Waals surface area (Å²) in [5.74, 6) is 0.230. The Hall–Kier alpha value is -3.22. The van der Waals surface area contributed by atoms with Gasteiger partial charge in [-0.15, -0.1) is 0 Å². The molecule has 2 aromatic carbocycles. The van der Waals surface area contributed by atoms with E-state index in [0.29, 0.717) is 36.7 Å². The molecule has 0 aliphatic carbocycles. The number of rotatable bonds is 7. The van der Waals surface area contributed by atoms with Crippen LogP contribution >= 0.6 is 0 Å². The van der Waals surface area contributed by atoms with Crippen molar-refractivity contribution in [1.29, 1.82) is 0 Å². The third-order valence-electron chi connectivity index (χ3n) is 4.84. The molecule has 2 aromatic rings. The van der Waals surface area contributed by atoms with Crippen LogP contribution in [0, 0.1) is 0 Å². The molecule has 28 heavy (non-hydrogen) atoms. The van der Waals surface area contributed by atoms with Gasteiger partial charge < -0.3 is 24.4 Å². The van der Waals surface area contributed by atoms with Crippen molar-refractivity contribution in [1.82, 2.24) is 4.90 Å². The number of benzene rings is 2. The highest BCUT2D eigenvalue weighted by molar-refractivity contribution is 5.84. The van der Waals surface area contributed by atoms with Crippen LogP contribution in [0.2, 0.25) is 0 Å². The van der Waals surface area contributed by atoms with Crippen molar-refractivity contribution in [2.24, 2.45) is 0 Å². The predicted molar refractivity (Wildman–Crippen MR) is 105 cm³/mol. The molecule has 7 heteroatoms. The number of fused-ring (bicyclic) bond motifs is 1. The van der Waals surface area contributed by atoms with Crippen LogP contribution in [0.3, 0.4) is 0 Å². The van der Waals surface area contributed by atoms with E-state index in [2.05, 4.69) is 0 Å². The molecule has 0 aromatic heterocycles. The van der Waals surface area contributed by atoms with Crippen molar-refractivity contribution in [3.8, 4) is 11.5 Å². The van der Waals surface area contributed by atoms with Gasteiger partial charge >= 0.3 is 5.97 Å². The van der Waals surface area contributed by atoms with E-state index in [0.717, 1.165) is 11.1 Å². The lowest BCUT2D eigenvalue weighted by Gasteiger charge is -2.32. The molecule has 0 atom stereocenters. The quantitative estimate of drug-likeness (QED) is 0.788. The molecule has 1 N–H and O–H groups in total. The molecule has 0 radical (unpaired) electrons. The van der Waals surface area contributed by atoms with Crippen LogP contribution in [0.5, 0.6) is 11.5 Å². The molecule has 0 saturated heterocycles. The largest absolute Gasteiger partial charge is 0.493 e. The fraction of sp³-hybridized carbons (Fsp3) is 0.333. The van der Waals surface area contributed by atoms with Gasteiger partial charge in [0.25, 0.3) is 0 Å². The van der Waals surface area contributed by atoms with Gasteiger partial charge in [-0.25, -0.2) is 0 Å². The monoisotopic (exact) mass is 384 g/mol. The maximum Gasteiger partial charge on any atom is 0.323 e. The van der Waals surface area contributed by atoms with Gasteiger partial charge in [0.1, 0.15) is 6.54 Å². The van der Waals surface area contributed by atoms with Gasteiger partial charge in [-0.1, -0.05) is 18.2 Å². The summed E-state index contributed by atoms with van der Waals surface area (Å²) in [4.78, 5) is 27.5.